The highest BCUT2D eigenvalue weighted by molar-refractivity contribution is 5.84. The number of aryl methyl sites for hydroxylation is 2. The first-order valence-electron chi connectivity index (χ1n) is 8.02. The summed E-state index contributed by atoms with van der Waals surface area (Å²) in [4.78, 5) is 12.7. The van der Waals surface area contributed by atoms with E-state index in [9.17, 15) is 4.79 Å². The largest absolute Gasteiger partial charge is 0.349 e. The molecule has 0 saturated heterocycles. The normalized spacial score (nSPS) is 23.8. The lowest BCUT2D eigenvalue weighted by atomic mass is 10.1. The molecule has 3 atom stereocenters. The van der Waals surface area contributed by atoms with Gasteiger partial charge in [-0.2, -0.15) is 5.10 Å². The van der Waals surface area contributed by atoms with Gasteiger partial charge in [0, 0.05) is 18.3 Å². The quantitative estimate of drug-likeness (QED) is 0.866. The Labute approximate surface area is 134 Å². The molecule has 0 aromatic carbocycles. The van der Waals surface area contributed by atoms with Crippen LogP contribution in [-0.4, -0.2) is 15.7 Å². The second-order valence-electron chi connectivity index (χ2n) is 7.51. The van der Waals surface area contributed by atoms with Gasteiger partial charge in [-0.15, -0.1) is 0 Å². The number of hydrogen-bond donors (Lipinski definition) is 1. The number of nitrogens with one attached hydrogen (secondary N) is 1. The van der Waals surface area contributed by atoms with Crippen molar-refractivity contribution in [2.24, 2.45) is 24.3 Å². The van der Waals surface area contributed by atoms with Crippen LogP contribution in [0.15, 0.2) is 11.6 Å². The summed E-state index contributed by atoms with van der Waals surface area (Å²) in [5.74, 6) is 0.575. The third-order valence-corrected chi connectivity index (χ3v) is 5.06. The van der Waals surface area contributed by atoms with E-state index in [1.54, 1.807) is 0 Å². The molecule has 1 aromatic rings. The highest BCUT2D eigenvalue weighted by Crippen LogP contribution is 2.59. The van der Waals surface area contributed by atoms with E-state index in [-0.39, 0.29) is 23.3 Å². The van der Waals surface area contributed by atoms with Crippen molar-refractivity contribution in [3.8, 4) is 0 Å². The Hall–Kier alpha value is -1.58. The average Bonchev–Trinajstić information content (AvgIpc) is 2.77. The van der Waals surface area contributed by atoms with Crippen molar-refractivity contribution in [1.29, 1.82) is 0 Å². The molecule has 0 aliphatic heterocycles. The van der Waals surface area contributed by atoms with Crippen molar-refractivity contribution in [3.63, 3.8) is 0 Å². The minimum Gasteiger partial charge on any atom is -0.349 e. The second kappa shape index (κ2) is 5.56. The molecule has 1 saturated carbocycles. The molecule has 0 radical (unpaired) electrons. The van der Waals surface area contributed by atoms with E-state index in [1.807, 2.05) is 32.5 Å². The monoisotopic (exact) mass is 303 g/mol. The van der Waals surface area contributed by atoms with Crippen molar-refractivity contribution >= 4 is 5.91 Å². The summed E-state index contributed by atoms with van der Waals surface area (Å²) in [6.45, 7) is 14.6. The topological polar surface area (TPSA) is 46.9 Å². The second-order valence-corrected chi connectivity index (χ2v) is 7.51. The van der Waals surface area contributed by atoms with Crippen molar-refractivity contribution in [2.45, 2.75) is 54.5 Å². The van der Waals surface area contributed by atoms with Crippen LogP contribution in [0.2, 0.25) is 0 Å². The SMILES string of the molecule is CC(C)=C[C@@H]1[C@@H](C(=O)N[C@@H](C)c2c(C)nn(C)c2C)C1(C)C. The van der Waals surface area contributed by atoms with Gasteiger partial charge in [-0.3, -0.25) is 9.48 Å². The maximum atomic E-state index is 12.7. The Morgan fingerprint density at radius 1 is 1.36 bits per heavy atom. The van der Waals surface area contributed by atoms with Crippen molar-refractivity contribution < 1.29 is 4.79 Å². The number of carbonyl (C=O) groups is 1. The first kappa shape index (κ1) is 16.8. The van der Waals surface area contributed by atoms with Crippen LogP contribution in [0.5, 0.6) is 0 Å². The van der Waals surface area contributed by atoms with E-state index >= 15 is 0 Å². The van der Waals surface area contributed by atoms with Crippen LogP contribution in [0.4, 0.5) is 0 Å². The van der Waals surface area contributed by atoms with E-state index in [4.69, 9.17) is 0 Å². The van der Waals surface area contributed by atoms with E-state index in [0.29, 0.717) is 5.92 Å². The third-order valence-electron chi connectivity index (χ3n) is 5.06. The molecule has 4 nitrogen and oxygen atoms in total. The number of carbonyl (C=O) groups excluding carboxylic acids is 1. The molecular formula is C18H29N3O. The van der Waals surface area contributed by atoms with E-state index < -0.39 is 0 Å². The molecule has 1 aliphatic rings. The number of amides is 1. The van der Waals surface area contributed by atoms with Crippen LogP contribution in [0.25, 0.3) is 0 Å². The van der Waals surface area contributed by atoms with Crippen LogP contribution in [-0.2, 0) is 11.8 Å². The Morgan fingerprint density at radius 2 is 1.95 bits per heavy atom. The summed E-state index contributed by atoms with van der Waals surface area (Å²) in [5.41, 5.74) is 4.57. The fraction of sp³-hybridized carbons (Fsp3) is 0.667. The molecule has 4 heteroatoms. The van der Waals surface area contributed by atoms with Crippen LogP contribution in [0.1, 0.15) is 57.6 Å². The van der Waals surface area contributed by atoms with Crippen molar-refractivity contribution in [3.05, 3.63) is 28.6 Å². The van der Waals surface area contributed by atoms with Crippen LogP contribution in [0, 0.1) is 31.1 Å². The van der Waals surface area contributed by atoms with Gasteiger partial charge in [0.15, 0.2) is 0 Å². The van der Waals surface area contributed by atoms with Crippen LogP contribution >= 0.6 is 0 Å². The summed E-state index contributed by atoms with van der Waals surface area (Å²) in [6.07, 6.45) is 2.23. The predicted molar refractivity (Wildman–Crippen MR) is 89.4 cm³/mol. The number of aromatic nitrogens is 2. The molecule has 22 heavy (non-hydrogen) atoms. The fourth-order valence-electron chi connectivity index (χ4n) is 3.64. The third kappa shape index (κ3) is 2.83. The van der Waals surface area contributed by atoms with Gasteiger partial charge in [0.25, 0.3) is 0 Å². The maximum Gasteiger partial charge on any atom is 0.224 e. The zero-order valence-electron chi connectivity index (χ0n) is 15.1. The molecule has 0 bridgehead atoms. The van der Waals surface area contributed by atoms with Gasteiger partial charge in [-0.1, -0.05) is 25.5 Å². The molecule has 122 valence electrons. The highest BCUT2D eigenvalue weighted by atomic mass is 16.2. The van der Waals surface area contributed by atoms with Gasteiger partial charge in [-0.05, 0) is 46.0 Å². The van der Waals surface area contributed by atoms with E-state index in [1.165, 1.54) is 5.57 Å². The Morgan fingerprint density at radius 3 is 2.41 bits per heavy atom. The molecule has 1 amide bonds. The summed E-state index contributed by atoms with van der Waals surface area (Å²) < 4.78 is 1.88. The molecule has 1 fully saturated rings. The molecule has 2 rings (SSSR count). The lowest BCUT2D eigenvalue weighted by molar-refractivity contribution is -0.123. The summed E-state index contributed by atoms with van der Waals surface area (Å²) >= 11 is 0. The van der Waals surface area contributed by atoms with E-state index in [2.05, 4.69) is 44.2 Å². The molecular weight excluding hydrogens is 274 g/mol. The molecule has 0 unspecified atom stereocenters. The minimum absolute atomic E-state index is 0.00930. The van der Waals surface area contributed by atoms with Gasteiger partial charge in [-0.25, -0.2) is 0 Å². The Kier molecular flexibility index (Phi) is 4.24. The number of hydrogen-bond acceptors (Lipinski definition) is 2. The van der Waals surface area contributed by atoms with Crippen LogP contribution < -0.4 is 5.32 Å². The minimum atomic E-state index is -0.00930. The van der Waals surface area contributed by atoms with Crippen molar-refractivity contribution in [2.75, 3.05) is 0 Å². The Balaban J connectivity index is 2.11. The first-order valence-corrected chi connectivity index (χ1v) is 8.02. The van der Waals surface area contributed by atoms with Crippen LogP contribution in [0.3, 0.4) is 0 Å². The molecule has 1 heterocycles. The average molecular weight is 303 g/mol. The summed E-state index contributed by atoms with van der Waals surface area (Å²) in [6, 6.07) is -0.00930. The number of allylic oxidation sites excluding steroid dienone is 2. The number of rotatable bonds is 4. The first-order chi connectivity index (χ1) is 10.1. The van der Waals surface area contributed by atoms with Gasteiger partial charge >= 0.3 is 0 Å². The van der Waals surface area contributed by atoms with E-state index in [0.717, 1.165) is 17.0 Å². The molecule has 0 spiro atoms. The lowest BCUT2D eigenvalue weighted by Gasteiger charge is -2.15. The molecule has 1 aromatic heterocycles. The number of nitrogens with zero attached hydrogens (tertiary/aromatic N) is 2. The highest BCUT2D eigenvalue weighted by Gasteiger charge is 2.60. The van der Waals surface area contributed by atoms with Gasteiger partial charge in [0.2, 0.25) is 5.91 Å². The molecule has 1 aliphatic carbocycles. The maximum absolute atomic E-state index is 12.7. The van der Waals surface area contributed by atoms with Gasteiger partial charge in [0.1, 0.15) is 0 Å². The predicted octanol–water partition coefficient (Wildman–Crippen LogP) is 3.45. The fourth-order valence-corrected chi connectivity index (χ4v) is 3.64. The lowest BCUT2D eigenvalue weighted by Crippen LogP contribution is -2.30. The smallest absolute Gasteiger partial charge is 0.224 e. The Bertz CT molecular complexity index is 621. The molecule has 1 N–H and O–H groups in total. The zero-order chi connectivity index (χ0) is 16.8. The van der Waals surface area contributed by atoms with Crippen molar-refractivity contribution in [1.82, 2.24) is 15.1 Å². The zero-order valence-corrected chi connectivity index (χ0v) is 15.1. The summed E-state index contributed by atoms with van der Waals surface area (Å²) in [5, 5.41) is 7.63. The van der Waals surface area contributed by atoms with Gasteiger partial charge < -0.3 is 5.32 Å². The summed E-state index contributed by atoms with van der Waals surface area (Å²) in [7, 11) is 1.94. The standard InChI is InChI=1S/C18H29N3O/c1-10(2)9-14-16(18(14,6)7)17(22)19-11(3)15-12(4)20-21(8)13(15)5/h9,11,14,16H,1-8H3,(H,19,22)/t11-,14+,16-/m0/s1. The van der Waals surface area contributed by atoms with Gasteiger partial charge in [0.05, 0.1) is 17.7 Å².